The van der Waals surface area contributed by atoms with Crippen LogP contribution in [0.1, 0.15) is 29.9 Å². The van der Waals surface area contributed by atoms with Gasteiger partial charge in [0.15, 0.2) is 11.5 Å². The number of fused-ring (bicyclic) bond motifs is 1. The lowest BCUT2D eigenvalue weighted by atomic mass is 10.0. The van der Waals surface area contributed by atoms with Crippen molar-refractivity contribution in [1.29, 1.82) is 0 Å². The second-order valence-electron chi connectivity index (χ2n) is 5.32. The highest BCUT2D eigenvalue weighted by Crippen LogP contribution is 2.26. The van der Waals surface area contributed by atoms with Crippen LogP contribution in [0.3, 0.4) is 0 Å². The number of rotatable bonds is 4. The van der Waals surface area contributed by atoms with Crippen molar-refractivity contribution in [3.8, 4) is 0 Å². The molecule has 0 radical (unpaired) electrons. The summed E-state index contributed by atoms with van der Waals surface area (Å²) in [4.78, 5) is 15.5. The van der Waals surface area contributed by atoms with Gasteiger partial charge in [-0.25, -0.2) is 4.98 Å². The number of hydrogen-bond donors (Lipinski definition) is 1. The molecule has 0 bridgehead atoms. The van der Waals surface area contributed by atoms with Gasteiger partial charge in [-0.2, -0.15) is 0 Å². The summed E-state index contributed by atoms with van der Waals surface area (Å²) in [5, 5.41) is 10.1. The number of oxazole rings is 1. The van der Waals surface area contributed by atoms with Crippen LogP contribution in [-0.2, 0) is 11.2 Å². The number of carboxylic acid groups (broad SMARTS) is 1. The molecule has 118 valence electrons. The van der Waals surface area contributed by atoms with E-state index in [0.717, 1.165) is 5.56 Å². The molecular weight excluding hydrogens is 337 g/mol. The fraction of sp³-hybridized carbons (Fsp3) is 0.176. The van der Waals surface area contributed by atoms with Crippen LogP contribution >= 0.6 is 23.2 Å². The minimum absolute atomic E-state index is 0.482. The lowest BCUT2D eigenvalue weighted by Gasteiger charge is -2.04. The fourth-order valence-electron chi connectivity index (χ4n) is 2.30. The molecule has 3 aromatic rings. The van der Waals surface area contributed by atoms with Gasteiger partial charge in [0.1, 0.15) is 5.52 Å². The third kappa shape index (κ3) is 3.33. The van der Waals surface area contributed by atoms with Crippen molar-refractivity contribution < 1.29 is 14.3 Å². The van der Waals surface area contributed by atoms with Crippen LogP contribution in [0.2, 0.25) is 10.0 Å². The van der Waals surface area contributed by atoms with E-state index < -0.39 is 11.9 Å². The maximum atomic E-state index is 11.1. The van der Waals surface area contributed by atoms with Crippen molar-refractivity contribution in [2.75, 3.05) is 0 Å². The van der Waals surface area contributed by atoms with Gasteiger partial charge in [0.05, 0.1) is 16.0 Å². The van der Waals surface area contributed by atoms with Gasteiger partial charge in [-0.15, -0.1) is 0 Å². The van der Waals surface area contributed by atoms with Crippen molar-refractivity contribution in [3.63, 3.8) is 0 Å². The Kier molecular flexibility index (Phi) is 4.28. The first-order chi connectivity index (χ1) is 10.9. The second-order valence-corrected chi connectivity index (χ2v) is 6.13. The molecular formula is C17H13Cl2NO3. The molecule has 1 N–H and O–H groups in total. The van der Waals surface area contributed by atoms with Crippen LogP contribution in [0.15, 0.2) is 40.8 Å². The molecule has 1 atom stereocenters. The van der Waals surface area contributed by atoms with Gasteiger partial charge in [0.2, 0.25) is 0 Å². The average molecular weight is 350 g/mol. The van der Waals surface area contributed by atoms with E-state index in [0.29, 0.717) is 39.0 Å². The SMILES string of the molecule is CC(C(=O)O)c1ccc2oc(Cc3ccc(Cl)c(Cl)c3)nc2c1. The molecule has 1 aromatic heterocycles. The highest BCUT2D eigenvalue weighted by molar-refractivity contribution is 6.42. The molecule has 1 heterocycles. The van der Waals surface area contributed by atoms with E-state index in [9.17, 15) is 4.79 Å². The molecule has 0 spiro atoms. The summed E-state index contributed by atoms with van der Waals surface area (Å²) in [5.41, 5.74) is 2.90. The topological polar surface area (TPSA) is 63.3 Å². The summed E-state index contributed by atoms with van der Waals surface area (Å²) in [6.45, 7) is 1.64. The molecule has 4 nitrogen and oxygen atoms in total. The minimum atomic E-state index is -0.871. The molecule has 0 aliphatic rings. The van der Waals surface area contributed by atoms with Crippen LogP contribution in [0.4, 0.5) is 0 Å². The van der Waals surface area contributed by atoms with Crippen molar-refractivity contribution in [1.82, 2.24) is 4.98 Å². The predicted molar refractivity (Wildman–Crippen MR) is 89.3 cm³/mol. The highest BCUT2D eigenvalue weighted by Gasteiger charge is 2.16. The van der Waals surface area contributed by atoms with Gasteiger partial charge in [-0.05, 0) is 42.3 Å². The smallest absolute Gasteiger partial charge is 0.310 e. The number of aliphatic carboxylic acids is 1. The van der Waals surface area contributed by atoms with E-state index in [2.05, 4.69) is 4.98 Å². The van der Waals surface area contributed by atoms with Crippen molar-refractivity contribution >= 4 is 40.3 Å². The largest absolute Gasteiger partial charge is 0.481 e. The normalized spacial score (nSPS) is 12.5. The number of carbonyl (C=O) groups is 1. The van der Waals surface area contributed by atoms with Gasteiger partial charge < -0.3 is 9.52 Å². The zero-order valence-electron chi connectivity index (χ0n) is 12.2. The van der Waals surface area contributed by atoms with E-state index in [-0.39, 0.29) is 0 Å². The van der Waals surface area contributed by atoms with Crippen molar-refractivity contribution in [2.45, 2.75) is 19.3 Å². The van der Waals surface area contributed by atoms with Crippen LogP contribution in [0.25, 0.3) is 11.1 Å². The molecule has 0 aliphatic carbocycles. The molecule has 1 unspecified atom stereocenters. The molecule has 3 rings (SSSR count). The summed E-state index contributed by atoms with van der Waals surface area (Å²) in [6, 6.07) is 10.6. The first-order valence-electron chi connectivity index (χ1n) is 7.00. The fourth-order valence-corrected chi connectivity index (χ4v) is 2.62. The Morgan fingerprint density at radius 1 is 1.22 bits per heavy atom. The Bertz CT molecular complexity index is 889. The van der Waals surface area contributed by atoms with Crippen LogP contribution in [-0.4, -0.2) is 16.1 Å². The molecule has 0 saturated heterocycles. The van der Waals surface area contributed by atoms with E-state index in [1.54, 1.807) is 37.3 Å². The summed E-state index contributed by atoms with van der Waals surface area (Å²) >= 11 is 11.9. The quantitative estimate of drug-likeness (QED) is 0.726. The van der Waals surface area contributed by atoms with E-state index >= 15 is 0 Å². The Labute approximate surface area is 142 Å². The number of aromatic nitrogens is 1. The van der Waals surface area contributed by atoms with Gasteiger partial charge in [-0.1, -0.05) is 35.3 Å². The van der Waals surface area contributed by atoms with Gasteiger partial charge >= 0.3 is 5.97 Å². The Morgan fingerprint density at radius 3 is 2.70 bits per heavy atom. The number of benzene rings is 2. The average Bonchev–Trinajstić information content (AvgIpc) is 2.91. The number of halogens is 2. The summed E-state index contributed by atoms with van der Waals surface area (Å²) in [5.74, 6) is -0.919. The number of hydrogen-bond acceptors (Lipinski definition) is 3. The lowest BCUT2D eigenvalue weighted by Crippen LogP contribution is -2.06. The Balaban J connectivity index is 1.90. The van der Waals surface area contributed by atoms with E-state index in [1.165, 1.54) is 0 Å². The highest BCUT2D eigenvalue weighted by atomic mass is 35.5. The van der Waals surface area contributed by atoms with Crippen LogP contribution < -0.4 is 0 Å². The van der Waals surface area contributed by atoms with E-state index in [4.69, 9.17) is 32.7 Å². The molecule has 0 saturated carbocycles. The number of carboxylic acids is 1. The molecule has 0 fully saturated rings. The maximum absolute atomic E-state index is 11.1. The summed E-state index contributed by atoms with van der Waals surface area (Å²) < 4.78 is 5.70. The first-order valence-corrected chi connectivity index (χ1v) is 7.75. The van der Waals surface area contributed by atoms with Gasteiger partial charge in [0.25, 0.3) is 0 Å². The molecule has 6 heteroatoms. The Morgan fingerprint density at radius 2 is 2.00 bits per heavy atom. The standard InChI is InChI=1S/C17H13Cl2NO3/c1-9(17(21)22)11-3-5-15-14(8-11)20-16(23-15)7-10-2-4-12(18)13(19)6-10/h2-6,8-9H,7H2,1H3,(H,21,22). The van der Waals surface area contributed by atoms with Crippen molar-refractivity contribution in [3.05, 3.63) is 63.5 Å². The number of nitrogens with zero attached hydrogens (tertiary/aromatic N) is 1. The zero-order chi connectivity index (χ0) is 16.6. The predicted octanol–water partition coefficient (Wildman–Crippen LogP) is 4.91. The third-order valence-corrected chi connectivity index (χ3v) is 4.40. The monoisotopic (exact) mass is 349 g/mol. The molecule has 23 heavy (non-hydrogen) atoms. The third-order valence-electron chi connectivity index (χ3n) is 3.67. The lowest BCUT2D eigenvalue weighted by molar-refractivity contribution is -0.138. The maximum Gasteiger partial charge on any atom is 0.310 e. The van der Waals surface area contributed by atoms with Gasteiger partial charge in [0, 0.05) is 6.42 Å². The molecule has 2 aromatic carbocycles. The summed E-state index contributed by atoms with van der Waals surface area (Å²) in [6.07, 6.45) is 0.482. The van der Waals surface area contributed by atoms with E-state index in [1.807, 2.05) is 6.07 Å². The van der Waals surface area contributed by atoms with Crippen LogP contribution in [0.5, 0.6) is 0 Å². The second kappa shape index (κ2) is 6.22. The zero-order valence-corrected chi connectivity index (χ0v) is 13.7. The molecule has 0 amide bonds. The summed E-state index contributed by atoms with van der Waals surface area (Å²) in [7, 11) is 0. The first kappa shape index (κ1) is 15.8. The van der Waals surface area contributed by atoms with Crippen LogP contribution in [0, 0.1) is 0 Å². The van der Waals surface area contributed by atoms with Gasteiger partial charge in [-0.3, -0.25) is 4.79 Å². The molecule has 0 aliphatic heterocycles. The Hall–Kier alpha value is -2.04. The van der Waals surface area contributed by atoms with Crippen molar-refractivity contribution in [2.24, 2.45) is 0 Å². The minimum Gasteiger partial charge on any atom is -0.481 e.